The number of para-hydroxylation sites is 1. The summed E-state index contributed by atoms with van der Waals surface area (Å²) in [5.74, 6) is -0.754. The minimum absolute atomic E-state index is 0.152. The number of benzene rings is 2. The van der Waals surface area contributed by atoms with E-state index in [0.29, 0.717) is 10.7 Å². The molecule has 0 aliphatic carbocycles. The normalized spacial score (nSPS) is 10.7. The van der Waals surface area contributed by atoms with Gasteiger partial charge in [-0.2, -0.15) is 5.10 Å². The lowest BCUT2D eigenvalue weighted by molar-refractivity contribution is 0.0956. The second kappa shape index (κ2) is 8.13. The molecule has 26 heavy (non-hydrogen) atoms. The van der Waals surface area contributed by atoms with Crippen molar-refractivity contribution in [2.45, 2.75) is 0 Å². The molecule has 0 fully saturated rings. The molecule has 3 rings (SSSR count). The van der Waals surface area contributed by atoms with E-state index in [0.717, 1.165) is 5.56 Å². The lowest BCUT2D eigenvalue weighted by Gasteiger charge is -2.08. The van der Waals surface area contributed by atoms with Gasteiger partial charge < -0.3 is 9.73 Å². The van der Waals surface area contributed by atoms with Crippen molar-refractivity contribution in [2.24, 2.45) is 5.10 Å². The summed E-state index contributed by atoms with van der Waals surface area (Å²) in [5, 5.41) is 7.14. The maximum absolute atomic E-state index is 12.4. The standard InChI is InChI=1S/C19H14ClN3O3/c20-14-6-3-5-13(11-14)12-21-23-18(24)15-7-1-2-8-16(15)22-19(25)17-9-4-10-26-17/h1-12H,(H,22,25)(H,23,24)/b21-12-. The van der Waals surface area contributed by atoms with Crippen LogP contribution >= 0.6 is 11.6 Å². The van der Waals surface area contributed by atoms with Crippen molar-refractivity contribution in [1.82, 2.24) is 5.43 Å². The average molecular weight is 368 g/mol. The Kier molecular flexibility index (Phi) is 5.46. The highest BCUT2D eigenvalue weighted by atomic mass is 35.5. The van der Waals surface area contributed by atoms with Crippen molar-refractivity contribution in [3.05, 3.63) is 88.8 Å². The second-order valence-corrected chi connectivity index (χ2v) is 5.67. The van der Waals surface area contributed by atoms with Crippen LogP contribution < -0.4 is 10.7 Å². The van der Waals surface area contributed by atoms with Crippen LogP contribution in [-0.2, 0) is 0 Å². The number of hydrogen-bond donors (Lipinski definition) is 2. The van der Waals surface area contributed by atoms with Gasteiger partial charge in [-0.05, 0) is 42.0 Å². The van der Waals surface area contributed by atoms with Gasteiger partial charge in [0.2, 0.25) is 0 Å². The van der Waals surface area contributed by atoms with Crippen LogP contribution in [0.1, 0.15) is 26.5 Å². The maximum Gasteiger partial charge on any atom is 0.291 e. The van der Waals surface area contributed by atoms with Gasteiger partial charge in [0, 0.05) is 5.02 Å². The highest BCUT2D eigenvalue weighted by Gasteiger charge is 2.14. The first kappa shape index (κ1) is 17.4. The monoisotopic (exact) mass is 367 g/mol. The molecule has 0 radical (unpaired) electrons. The van der Waals surface area contributed by atoms with E-state index in [1.165, 1.54) is 18.5 Å². The van der Waals surface area contributed by atoms with Crippen molar-refractivity contribution in [3.8, 4) is 0 Å². The smallest absolute Gasteiger partial charge is 0.291 e. The molecule has 0 atom stereocenters. The molecule has 0 aliphatic rings. The van der Waals surface area contributed by atoms with Crippen LogP contribution in [0.4, 0.5) is 5.69 Å². The molecule has 0 aliphatic heterocycles. The Hall–Kier alpha value is -3.38. The fourth-order valence-corrected chi connectivity index (χ4v) is 2.39. The fourth-order valence-electron chi connectivity index (χ4n) is 2.19. The van der Waals surface area contributed by atoms with Gasteiger partial charge in [0.15, 0.2) is 5.76 Å². The number of nitrogens with zero attached hydrogens (tertiary/aromatic N) is 1. The lowest BCUT2D eigenvalue weighted by Crippen LogP contribution is -2.21. The zero-order valence-electron chi connectivity index (χ0n) is 13.5. The highest BCUT2D eigenvalue weighted by Crippen LogP contribution is 2.16. The molecule has 0 bridgehead atoms. The van der Waals surface area contributed by atoms with E-state index < -0.39 is 11.8 Å². The number of amides is 2. The van der Waals surface area contributed by atoms with Gasteiger partial charge in [-0.1, -0.05) is 35.9 Å². The first-order valence-electron chi connectivity index (χ1n) is 7.66. The van der Waals surface area contributed by atoms with E-state index in [4.69, 9.17) is 16.0 Å². The number of nitrogens with one attached hydrogen (secondary N) is 2. The number of halogens is 1. The van der Waals surface area contributed by atoms with Crippen LogP contribution in [0.3, 0.4) is 0 Å². The van der Waals surface area contributed by atoms with Crippen LogP contribution in [0.2, 0.25) is 5.02 Å². The van der Waals surface area contributed by atoms with E-state index in [-0.39, 0.29) is 11.3 Å². The number of rotatable bonds is 5. The largest absolute Gasteiger partial charge is 0.459 e. The van der Waals surface area contributed by atoms with Crippen LogP contribution in [0.25, 0.3) is 0 Å². The van der Waals surface area contributed by atoms with Crippen molar-refractivity contribution in [3.63, 3.8) is 0 Å². The van der Waals surface area contributed by atoms with Gasteiger partial charge in [-0.3, -0.25) is 9.59 Å². The minimum Gasteiger partial charge on any atom is -0.459 e. The Morgan fingerprint density at radius 1 is 1.00 bits per heavy atom. The maximum atomic E-state index is 12.4. The predicted octanol–water partition coefficient (Wildman–Crippen LogP) is 3.95. The molecule has 2 N–H and O–H groups in total. The summed E-state index contributed by atoms with van der Waals surface area (Å²) in [6.07, 6.45) is 2.88. The first-order chi connectivity index (χ1) is 12.6. The summed E-state index contributed by atoms with van der Waals surface area (Å²) in [6.45, 7) is 0. The molecule has 0 saturated heterocycles. The predicted molar refractivity (Wildman–Crippen MR) is 99.6 cm³/mol. The summed E-state index contributed by atoms with van der Waals surface area (Å²) in [4.78, 5) is 24.5. The molecule has 7 heteroatoms. The Bertz CT molecular complexity index is 952. The van der Waals surface area contributed by atoms with Crippen molar-refractivity contribution < 1.29 is 14.0 Å². The minimum atomic E-state index is -0.460. The highest BCUT2D eigenvalue weighted by molar-refractivity contribution is 6.30. The number of hydrazone groups is 1. The van der Waals surface area contributed by atoms with Gasteiger partial charge in [0.1, 0.15) is 0 Å². The van der Waals surface area contributed by atoms with Crippen LogP contribution in [0.5, 0.6) is 0 Å². The van der Waals surface area contributed by atoms with Crippen molar-refractivity contribution in [1.29, 1.82) is 0 Å². The van der Waals surface area contributed by atoms with E-state index in [2.05, 4.69) is 15.8 Å². The van der Waals surface area contributed by atoms with Crippen molar-refractivity contribution >= 4 is 35.3 Å². The van der Waals surface area contributed by atoms with Crippen molar-refractivity contribution in [2.75, 3.05) is 5.32 Å². The summed E-state index contributed by atoms with van der Waals surface area (Å²) < 4.78 is 5.04. The third-order valence-electron chi connectivity index (χ3n) is 3.39. The van der Waals surface area contributed by atoms with Crippen LogP contribution in [0.15, 0.2) is 76.4 Å². The Balaban J connectivity index is 1.70. The number of hydrogen-bond acceptors (Lipinski definition) is 4. The Morgan fingerprint density at radius 2 is 1.85 bits per heavy atom. The molecule has 6 nitrogen and oxygen atoms in total. The average Bonchev–Trinajstić information content (AvgIpc) is 3.17. The Morgan fingerprint density at radius 3 is 2.62 bits per heavy atom. The molecule has 2 amide bonds. The summed E-state index contributed by atoms with van der Waals surface area (Å²) in [7, 11) is 0. The molecule has 0 saturated carbocycles. The molecule has 0 spiro atoms. The topological polar surface area (TPSA) is 83.7 Å². The third-order valence-corrected chi connectivity index (χ3v) is 3.63. The molecule has 1 heterocycles. The van der Waals surface area contributed by atoms with Gasteiger partial charge in [-0.15, -0.1) is 0 Å². The van der Waals surface area contributed by atoms with E-state index in [1.54, 1.807) is 54.6 Å². The number of furan rings is 1. The first-order valence-corrected chi connectivity index (χ1v) is 8.04. The number of anilines is 1. The molecule has 2 aromatic carbocycles. The molecule has 1 aromatic heterocycles. The SMILES string of the molecule is O=C(Nc1ccccc1C(=O)N/N=C\c1cccc(Cl)c1)c1ccco1. The molecule has 3 aromatic rings. The van der Waals surface area contributed by atoms with E-state index >= 15 is 0 Å². The van der Waals surface area contributed by atoms with E-state index in [1.807, 2.05) is 0 Å². The molecule has 0 unspecified atom stereocenters. The van der Waals surface area contributed by atoms with E-state index in [9.17, 15) is 9.59 Å². The lowest BCUT2D eigenvalue weighted by atomic mass is 10.1. The molecular weight excluding hydrogens is 354 g/mol. The van der Waals surface area contributed by atoms with Crippen LogP contribution in [-0.4, -0.2) is 18.0 Å². The summed E-state index contributed by atoms with van der Waals surface area (Å²) >= 11 is 5.90. The van der Waals surface area contributed by atoms with Gasteiger partial charge >= 0.3 is 0 Å². The molecule has 130 valence electrons. The Labute approximate surface area is 154 Å². The van der Waals surface area contributed by atoms with Gasteiger partial charge in [-0.25, -0.2) is 5.43 Å². The summed E-state index contributed by atoms with van der Waals surface area (Å²) in [6, 6.07) is 16.8. The quantitative estimate of drug-likeness (QED) is 0.529. The fraction of sp³-hybridized carbons (Fsp3) is 0. The van der Waals surface area contributed by atoms with Crippen LogP contribution in [0, 0.1) is 0 Å². The number of carbonyl (C=O) groups is 2. The van der Waals surface area contributed by atoms with Gasteiger partial charge in [0.25, 0.3) is 11.8 Å². The molecular formula is C19H14ClN3O3. The zero-order chi connectivity index (χ0) is 18.4. The zero-order valence-corrected chi connectivity index (χ0v) is 14.2. The van der Waals surface area contributed by atoms with Gasteiger partial charge in [0.05, 0.1) is 23.7 Å². The summed E-state index contributed by atoms with van der Waals surface area (Å²) in [5.41, 5.74) is 3.80. The third kappa shape index (κ3) is 4.37. The second-order valence-electron chi connectivity index (χ2n) is 5.23. The number of carbonyl (C=O) groups excluding carboxylic acids is 2.